The third-order valence-corrected chi connectivity index (χ3v) is 1.25. The van der Waals surface area contributed by atoms with Crippen LogP contribution in [0.5, 0.6) is 0 Å². The molecule has 0 bridgehead atoms. The SMILES string of the molecule is C=CCC(=O)c1cc[nH]c1. The summed E-state index contributed by atoms with van der Waals surface area (Å²) in [5.74, 6) is 0.108. The fourth-order valence-electron chi connectivity index (χ4n) is 0.746. The molecular formula is C8H9NO. The van der Waals surface area contributed by atoms with Crippen molar-refractivity contribution in [3.05, 3.63) is 36.7 Å². The molecule has 0 atom stereocenters. The lowest BCUT2D eigenvalue weighted by Gasteiger charge is -1.88. The summed E-state index contributed by atoms with van der Waals surface area (Å²) in [6.07, 6.45) is 5.44. The van der Waals surface area contributed by atoms with E-state index in [2.05, 4.69) is 11.6 Å². The first-order valence-electron chi connectivity index (χ1n) is 3.11. The van der Waals surface area contributed by atoms with Gasteiger partial charge in [0.25, 0.3) is 0 Å². The number of ketones is 1. The number of hydrogen-bond acceptors (Lipinski definition) is 1. The minimum atomic E-state index is 0.108. The van der Waals surface area contributed by atoms with Gasteiger partial charge >= 0.3 is 0 Å². The maximum absolute atomic E-state index is 11.0. The summed E-state index contributed by atoms with van der Waals surface area (Å²) >= 11 is 0. The zero-order valence-corrected chi connectivity index (χ0v) is 5.63. The van der Waals surface area contributed by atoms with Crippen LogP contribution in [0.25, 0.3) is 0 Å². The molecule has 1 heterocycles. The number of H-pyrrole nitrogens is 1. The van der Waals surface area contributed by atoms with Crippen molar-refractivity contribution in [3.8, 4) is 0 Å². The van der Waals surface area contributed by atoms with Crippen molar-refractivity contribution in [3.63, 3.8) is 0 Å². The Morgan fingerprint density at radius 1 is 1.80 bits per heavy atom. The van der Waals surface area contributed by atoms with Gasteiger partial charge in [-0.05, 0) is 6.07 Å². The molecule has 1 aromatic rings. The molecule has 1 aromatic heterocycles. The molecule has 0 aliphatic carbocycles. The molecule has 10 heavy (non-hydrogen) atoms. The van der Waals surface area contributed by atoms with E-state index in [9.17, 15) is 4.79 Å². The molecule has 0 amide bonds. The first kappa shape index (κ1) is 6.81. The van der Waals surface area contributed by atoms with Gasteiger partial charge in [-0.1, -0.05) is 6.08 Å². The Morgan fingerprint density at radius 2 is 2.60 bits per heavy atom. The van der Waals surface area contributed by atoms with Crippen LogP contribution in [0, 0.1) is 0 Å². The predicted molar refractivity (Wildman–Crippen MR) is 39.9 cm³/mol. The first-order valence-corrected chi connectivity index (χ1v) is 3.11. The molecule has 0 aromatic carbocycles. The lowest BCUT2D eigenvalue weighted by molar-refractivity contribution is 0.0996. The quantitative estimate of drug-likeness (QED) is 0.497. The fourth-order valence-corrected chi connectivity index (χ4v) is 0.746. The second-order valence-corrected chi connectivity index (χ2v) is 2.02. The molecule has 0 aliphatic heterocycles. The number of carbonyl (C=O) groups is 1. The van der Waals surface area contributed by atoms with Gasteiger partial charge in [0.15, 0.2) is 5.78 Å². The summed E-state index contributed by atoms with van der Waals surface area (Å²) in [7, 11) is 0. The number of rotatable bonds is 3. The summed E-state index contributed by atoms with van der Waals surface area (Å²) in [6, 6.07) is 1.76. The monoisotopic (exact) mass is 135 g/mol. The summed E-state index contributed by atoms with van der Waals surface area (Å²) in [5, 5.41) is 0. The van der Waals surface area contributed by atoms with Crippen molar-refractivity contribution in [1.82, 2.24) is 4.98 Å². The Bertz CT molecular complexity index is 223. The van der Waals surface area contributed by atoms with Gasteiger partial charge in [-0.15, -0.1) is 6.58 Å². The normalized spacial score (nSPS) is 9.20. The number of nitrogens with one attached hydrogen (secondary N) is 1. The van der Waals surface area contributed by atoms with Gasteiger partial charge in [-0.25, -0.2) is 0 Å². The Kier molecular flexibility index (Phi) is 2.05. The molecule has 1 rings (SSSR count). The van der Waals surface area contributed by atoms with Crippen molar-refractivity contribution >= 4 is 5.78 Å². The van der Waals surface area contributed by atoms with Crippen LogP contribution in [0.4, 0.5) is 0 Å². The second-order valence-electron chi connectivity index (χ2n) is 2.02. The molecule has 0 aliphatic rings. The number of aromatic amines is 1. The van der Waals surface area contributed by atoms with E-state index in [4.69, 9.17) is 0 Å². The van der Waals surface area contributed by atoms with E-state index in [0.29, 0.717) is 6.42 Å². The highest BCUT2D eigenvalue weighted by Gasteiger charge is 2.01. The van der Waals surface area contributed by atoms with E-state index in [0.717, 1.165) is 5.56 Å². The zero-order chi connectivity index (χ0) is 7.40. The van der Waals surface area contributed by atoms with Crippen LogP contribution >= 0.6 is 0 Å². The van der Waals surface area contributed by atoms with Crippen molar-refractivity contribution in [2.75, 3.05) is 0 Å². The van der Waals surface area contributed by atoms with Gasteiger partial charge in [0.2, 0.25) is 0 Å². The van der Waals surface area contributed by atoms with Gasteiger partial charge in [0.1, 0.15) is 0 Å². The van der Waals surface area contributed by atoms with Crippen LogP contribution in [-0.4, -0.2) is 10.8 Å². The van der Waals surface area contributed by atoms with Crippen molar-refractivity contribution in [2.45, 2.75) is 6.42 Å². The molecule has 0 spiro atoms. The highest BCUT2D eigenvalue weighted by molar-refractivity contribution is 5.96. The summed E-state index contributed by atoms with van der Waals surface area (Å²) in [5.41, 5.74) is 0.722. The molecule has 52 valence electrons. The molecule has 0 radical (unpaired) electrons. The van der Waals surface area contributed by atoms with E-state index in [1.165, 1.54) is 0 Å². The summed E-state index contributed by atoms with van der Waals surface area (Å²) in [4.78, 5) is 13.8. The van der Waals surface area contributed by atoms with Crippen LogP contribution in [0.15, 0.2) is 31.1 Å². The van der Waals surface area contributed by atoms with Crippen LogP contribution in [0.2, 0.25) is 0 Å². The van der Waals surface area contributed by atoms with Gasteiger partial charge in [-0.3, -0.25) is 4.79 Å². The van der Waals surface area contributed by atoms with Crippen molar-refractivity contribution in [2.24, 2.45) is 0 Å². The van der Waals surface area contributed by atoms with Gasteiger partial charge in [0.05, 0.1) is 0 Å². The van der Waals surface area contributed by atoms with Crippen LogP contribution in [0.1, 0.15) is 16.8 Å². The summed E-state index contributed by atoms with van der Waals surface area (Å²) < 4.78 is 0. The largest absolute Gasteiger partial charge is 0.367 e. The molecule has 2 nitrogen and oxygen atoms in total. The van der Waals surface area contributed by atoms with Crippen molar-refractivity contribution < 1.29 is 4.79 Å². The lowest BCUT2D eigenvalue weighted by atomic mass is 10.2. The van der Waals surface area contributed by atoms with Gasteiger partial charge in [0, 0.05) is 24.4 Å². The molecule has 2 heteroatoms. The van der Waals surface area contributed by atoms with Crippen LogP contribution in [0.3, 0.4) is 0 Å². The number of hydrogen-bond donors (Lipinski definition) is 1. The Labute approximate surface area is 59.6 Å². The maximum atomic E-state index is 11.0. The number of aromatic nitrogens is 1. The Hall–Kier alpha value is -1.31. The average molecular weight is 135 g/mol. The van der Waals surface area contributed by atoms with E-state index in [1.54, 1.807) is 24.5 Å². The van der Waals surface area contributed by atoms with Crippen LogP contribution in [-0.2, 0) is 0 Å². The Morgan fingerprint density at radius 3 is 3.10 bits per heavy atom. The third-order valence-electron chi connectivity index (χ3n) is 1.25. The van der Waals surface area contributed by atoms with Crippen LogP contribution < -0.4 is 0 Å². The average Bonchev–Trinajstić information content (AvgIpc) is 2.38. The standard InChI is InChI=1S/C8H9NO/c1-2-3-8(10)7-4-5-9-6-7/h2,4-6,9H,1,3H2. The number of allylic oxidation sites excluding steroid dienone is 1. The van der Waals surface area contributed by atoms with E-state index < -0.39 is 0 Å². The molecule has 0 saturated carbocycles. The first-order chi connectivity index (χ1) is 4.84. The molecular weight excluding hydrogens is 126 g/mol. The number of Topliss-reactive ketones (excluding diaryl/α,β-unsaturated/α-hetero) is 1. The Balaban J connectivity index is 2.68. The molecule has 1 N–H and O–H groups in total. The van der Waals surface area contributed by atoms with E-state index >= 15 is 0 Å². The predicted octanol–water partition coefficient (Wildman–Crippen LogP) is 1.77. The molecule has 0 saturated heterocycles. The maximum Gasteiger partial charge on any atom is 0.168 e. The highest BCUT2D eigenvalue weighted by atomic mass is 16.1. The van der Waals surface area contributed by atoms with E-state index in [-0.39, 0.29) is 5.78 Å². The van der Waals surface area contributed by atoms with E-state index in [1.807, 2.05) is 0 Å². The fraction of sp³-hybridized carbons (Fsp3) is 0.125. The molecule has 0 fully saturated rings. The topological polar surface area (TPSA) is 32.9 Å². The highest BCUT2D eigenvalue weighted by Crippen LogP contribution is 2.00. The minimum absolute atomic E-state index is 0.108. The van der Waals surface area contributed by atoms with Gasteiger partial charge in [-0.2, -0.15) is 0 Å². The lowest BCUT2D eigenvalue weighted by Crippen LogP contribution is -1.93. The smallest absolute Gasteiger partial charge is 0.168 e. The number of carbonyl (C=O) groups excluding carboxylic acids is 1. The minimum Gasteiger partial charge on any atom is -0.367 e. The van der Waals surface area contributed by atoms with Gasteiger partial charge < -0.3 is 4.98 Å². The third kappa shape index (κ3) is 1.35. The summed E-state index contributed by atoms with van der Waals surface area (Å²) in [6.45, 7) is 3.48. The van der Waals surface area contributed by atoms with Crippen molar-refractivity contribution in [1.29, 1.82) is 0 Å². The molecule has 0 unspecified atom stereocenters. The zero-order valence-electron chi connectivity index (χ0n) is 5.63. The second kappa shape index (κ2) is 3.01.